The maximum atomic E-state index is 13.8. The minimum atomic E-state index is -0.354. The summed E-state index contributed by atoms with van der Waals surface area (Å²) in [5.74, 6) is 1.47. The lowest BCUT2D eigenvalue weighted by molar-refractivity contribution is 0.169. The third-order valence-corrected chi connectivity index (χ3v) is 3.92. The second-order valence-corrected chi connectivity index (χ2v) is 5.44. The second kappa shape index (κ2) is 6.87. The second-order valence-electron chi connectivity index (χ2n) is 5.44. The molecule has 1 heterocycles. The first-order chi connectivity index (χ1) is 11.2. The van der Waals surface area contributed by atoms with Crippen molar-refractivity contribution in [1.82, 2.24) is 5.32 Å². The number of para-hydroxylation sites is 1. The molecular weight excluding hydrogens is 297 g/mol. The lowest BCUT2D eigenvalue weighted by atomic mass is 10.1. The first-order valence-electron chi connectivity index (χ1n) is 7.63. The van der Waals surface area contributed by atoms with E-state index in [1.807, 2.05) is 31.2 Å². The molecule has 0 unspecified atom stereocenters. The molecule has 0 saturated carbocycles. The van der Waals surface area contributed by atoms with Gasteiger partial charge in [-0.1, -0.05) is 18.2 Å². The number of ether oxygens (including phenoxy) is 3. The summed E-state index contributed by atoms with van der Waals surface area (Å²) in [5.41, 5.74) is 1.90. The summed E-state index contributed by atoms with van der Waals surface area (Å²) < 4.78 is 30.0. The van der Waals surface area contributed by atoms with E-state index in [1.165, 1.54) is 13.2 Å². The Labute approximate surface area is 135 Å². The fourth-order valence-electron chi connectivity index (χ4n) is 2.61. The van der Waals surface area contributed by atoms with Crippen LogP contribution in [0.2, 0.25) is 0 Å². The third-order valence-electron chi connectivity index (χ3n) is 3.92. The van der Waals surface area contributed by atoms with Crippen molar-refractivity contribution in [2.24, 2.45) is 0 Å². The van der Waals surface area contributed by atoms with Crippen LogP contribution in [0.1, 0.15) is 24.1 Å². The van der Waals surface area contributed by atoms with Gasteiger partial charge in [0, 0.05) is 18.2 Å². The van der Waals surface area contributed by atoms with E-state index in [0.29, 0.717) is 19.8 Å². The zero-order chi connectivity index (χ0) is 16.2. The zero-order valence-electron chi connectivity index (χ0n) is 13.3. The summed E-state index contributed by atoms with van der Waals surface area (Å²) in [6.45, 7) is 3.74. The smallest absolute Gasteiger partial charge is 0.165 e. The van der Waals surface area contributed by atoms with Crippen molar-refractivity contribution in [3.8, 4) is 17.2 Å². The van der Waals surface area contributed by atoms with Crippen molar-refractivity contribution >= 4 is 0 Å². The number of halogens is 1. The molecule has 1 aliphatic heterocycles. The summed E-state index contributed by atoms with van der Waals surface area (Å²) >= 11 is 0. The van der Waals surface area contributed by atoms with Crippen LogP contribution in [-0.2, 0) is 6.54 Å². The van der Waals surface area contributed by atoms with Gasteiger partial charge >= 0.3 is 0 Å². The van der Waals surface area contributed by atoms with Gasteiger partial charge in [0.25, 0.3) is 0 Å². The van der Waals surface area contributed by atoms with Gasteiger partial charge in [0.1, 0.15) is 13.2 Å². The van der Waals surface area contributed by atoms with Gasteiger partial charge in [-0.25, -0.2) is 4.39 Å². The Kier molecular flexibility index (Phi) is 4.67. The summed E-state index contributed by atoms with van der Waals surface area (Å²) in [6.07, 6.45) is 0. The topological polar surface area (TPSA) is 39.7 Å². The number of hydrogen-bond donors (Lipinski definition) is 1. The molecule has 0 fully saturated rings. The predicted octanol–water partition coefficient (Wildman–Crippen LogP) is 3.46. The molecule has 4 nitrogen and oxygen atoms in total. The predicted molar refractivity (Wildman–Crippen MR) is 85.6 cm³/mol. The fraction of sp³-hybridized carbons (Fsp3) is 0.333. The molecule has 0 aliphatic carbocycles. The van der Waals surface area contributed by atoms with E-state index in [0.717, 1.165) is 22.6 Å². The fourth-order valence-corrected chi connectivity index (χ4v) is 2.61. The number of rotatable bonds is 5. The molecule has 122 valence electrons. The molecular formula is C18H20FNO3. The minimum Gasteiger partial charge on any atom is -0.494 e. The minimum absolute atomic E-state index is 0.00392. The maximum absolute atomic E-state index is 13.8. The van der Waals surface area contributed by atoms with Crippen LogP contribution in [0, 0.1) is 5.82 Å². The quantitative estimate of drug-likeness (QED) is 0.917. The number of benzene rings is 2. The van der Waals surface area contributed by atoms with Crippen molar-refractivity contribution in [1.29, 1.82) is 0 Å². The first-order valence-corrected chi connectivity index (χ1v) is 7.63. The molecule has 3 rings (SSSR count). The Morgan fingerprint density at radius 1 is 1.22 bits per heavy atom. The SMILES string of the molecule is COc1ccc([C@H](C)NCc2cccc3c2OCCO3)cc1F. The molecule has 1 atom stereocenters. The molecule has 2 aromatic rings. The van der Waals surface area contributed by atoms with E-state index in [4.69, 9.17) is 14.2 Å². The van der Waals surface area contributed by atoms with Crippen LogP contribution < -0.4 is 19.5 Å². The molecule has 0 amide bonds. The van der Waals surface area contributed by atoms with Crippen LogP contribution in [0.3, 0.4) is 0 Å². The first kappa shape index (κ1) is 15.6. The van der Waals surface area contributed by atoms with E-state index >= 15 is 0 Å². The monoisotopic (exact) mass is 317 g/mol. The summed E-state index contributed by atoms with van der Waals surface area (Å²) in [7, 11) is 1.46. The van der Waals surface area contributed by atoms with Crippen LogP contribution >= 0.6 is 0 Å². The van der Waals surface area contributed by atoms with Gasteiger partial charge in [-0.2, -0.15) is 0 Å². The molecule has 1 N–H and O–H groups in total. The Hall–Kier alpha value is -2.27. The van der Waals surface area contributed by atoms with Gasteiger partial charge in [-0.15, -0.1) is 0 Å². The number of nitrogens with one attached hydrogen (secondary N) is 1. The Bertz CT molecular complexity index is 690. The number of hydrogen-bond acceptors (Lipinski definition) is 4. The van der Waals surface area contributed by atoms with Crippen molar-refractivity contribution < 1.29 is 18.6 Å². The van der Waals surface area contributed by atoms with Gasteiger partial charge < -0.3 is 19.5 Å². The van der Waals surface area contributed by atoms with E-state index in [2.05, 4.69) is 5.32 Å². The zero-order valence-corrected chi connectivity index (χ0v) is 13.3. The Morgan fingerprint density at radius 2 is 2.04 bits per heavy atom. The number of methoxy groups -OCH3 is 1. The van der Waals surface area contributed by atoms with E-state index < -0.39 is 0 Å². The van der Waals surface area contributed by atoms with Gasteiger partial charge in [0.2, 0.25) is 0 Å². The third kappa shape index (κ3) is 3.40. The van der Waals surface area contributed by atoms with Crippen molar-refractivity contribution in [3.05, 3.63) is 53.3 Å². The number of fused-ring (bicyclic) bond motifs is 1. The van der Waals surface area contributed by atoms with Gasteiger partial charge in [0.05, 0.1) is 7.11 Å². The van der Waals surface area contributed by atoms with E-state index in [-0.39, 0.29) is 17.6 Å². The van der Waals surface area contributed by atoms with Gasteiger partial charge in [-0.3, -0.25) is 0 Å². The molecule has 0 radical (unpaired) electrons. The summed E-state index contributed by atoms with van der Waals surface area (Å²) in [6, 6.07) is 10.8. The highest BCUT2D eigenvalue weighted by atomic mass is 19.1. The average molecular weight is 317 g/mol. The summed E-state index contributed by atoms with van der Waals surface area (Å²) in [4.78, 5) is 0. The van der Waals surface area contributed by atoms with Crippen LogP contribution in [0.15, 0.2) is 36.4 Å². The molecule has 23 heavy (non-hydrogen) atoms. The lowest BCUT2D eigenvalue weighted by Gasteiger charge is -2.22. The van der Waals surface area contributed by atoms with Crippen molar-refractivity contribution in [3.63, 3.8) is 0 Å². The van der Waals surface area contributed by atoms with Crippen LogP contribution in [-0.4, -0.2) is 20.3 Å². The molecule has 1 aliphatic rings. The average Bonchev–Trinajstić information content (AvgIpc) is 2.59. The summed E-state index contributed by atoms with van der Waals surface area (Å²) in [5, 5.41) is 3.39. The highest BCUT2D eigenvalue weighted by molar-refractivity contribution is 5.47. The Morgan fingerprint density at radius 3 is 2.83 bits per heavy atom. The standard InChI is InChI=1S/C18H20FNO3/c1-12(13-6-7-16(21-2)15(19)10-13)20-11-14-4-3-5-17-18(14)23-9-8-22-17/h3-7,10,12,20H,8-9,11H2,1-2H3/t12-/m0/s1. The lowest BCUT2D eigenvalue weighted by Crippen LogP contribution is -2.21. The molecule has 5 heteroatoms. The van der Waals surface area contributed by atoms with Gasteiger partial charge in [-0.05, 0) is 30.7 Å². The van der Waals surface area contributed by atoms with E-state index in [1.54, 1.807) is 6.07 Å². The van der Waals surface area contributed by atoms with Crippen LogP contribution in [0.25, 0.3) is 0 Å². The molecule has 0 aromatic heterocycles. The van der Waals surface area contributed by atoms with Crippen molar-refractivity contribution in [2.75, 3.05) is 20.3 Å². The highest BCUT2D eigenvalue weighted by Gasteiger charge is 2.16. The maximum Gasteiger partial charge on any atom is 0.165 e. The molecule has 0 saturated heterocycles. The van der Waals surface area contributed by atoms with Crippen LogP contribution in [0.5, 0.6) is 17.2 Å². The largest absolute Gasteiger partial charge is 0.494 e. The van der Waals surface area contributed by atoms with Gasteiger partial charge in [0.15, 0.2) is 23.1 Å². The molecule has 2 aromatic carbocycles. The van der Waals surface area contributed by atoms with Crippen LogP contribution in [0.4, 0.5) is 4.39 Å². The normalized spacial score (nSPS) is 14.4. The Balaban J connectivity index is 1.70. The van der Waals surface area contributed by atoms with E-state index in [9.17, 15) is 4.39 Å². The molecule has 0 spiro atoms. The molecule has 0 bridgehead atoms. The van der Waals surface area contributed by atoms with Crippen molar-refractivity contribution in [2.45, 2.75) is 19.5 Å². The highest BCUT2D eigenvalue weighted by Crippen LogP contribution is 2.33.